The molecule has 0 amide bonds. The fourth-order valence-corrected chi connectivity index (χ4v) is 5.93. The molecule has 1 aromatic carbocycles. The van der Waals surface area contributed by atoms with Crippen molar-refractivity contribution in [3.63, 3.8) is 0 Å². The highest BCUT2D eigenvalue weighted by molar-refractivity contribution is 14.1. The molecule has 1 heterocycles. The van der Waals surface area contributed by atoms with E-state index in [9.17, 15) is 4.79 Å². The maximum absolute atomic E-state index is 12.2. The third-order valence-corrected chi connectivity index (χ3v) is 8.54. The first-order chi connectivity index (χ1) is 12.2. The number of esters is 1. The second kappa shape index (κ2) is 5.88. The monoisotopic (exact) mass is 491 g/mol. The third-order valence-electron chi connectivity index (χ3n) is 6.78. The number of benzene rings is 1. The molecule has 2 N–H and O–H groups in total. The summed E-state index contributed by atoms with van der Waals surface area (Å²) in [5, 5.41) is 0.409. The summed E-state index contributed by atoms with van der Waals surface area (Å²) in [5.41, 5.74) is 7.50. The molecule has 26 heavy (non-hydrogen) atoms. The number of rotatable bonds is 2. The molecule has 3 fully saturated rings. The number of halogens is 2. The zero-order valence-electron chi connectivity index (χ0n) is 15.2. The molecule has 5 nitrogen and oxygen atoms in total. The smallest absolute Gasteiger partial charge is 0.339 e. The van der Waals surface area contributed by atoms with Crippen molar-refractivity contribution in [1.82, 2.24) is 0 Å². The summed E-state index contributed by atoms with van der Waals surface area (Å²) in [5.74, 6) is -0.130. The van der Waals surface area contributed by atoms with E-state index in [1.54, 1.807) is 0 Å². The average molecular weight is 492 g/mol. The molecule has 0 saturated heterocycles. The molecule has 3 aliphatic carbocycles. The minimum absolute atomic E-state index is 0.0233. The van der Waals surface area contributed by atoms with Crippen LogP contribution in [0.2, 0.25) is 5.02 Å². The highest BCUT2D eigenvalue weighted by Crippen LogP contribution is 2.62. The van der Waals surface area contributed by atoms with Crippen molar-refractivity contribution in [3.05, 3.63) is 19.7 Å². The first kappa shape index (κ1) is 18.6. The Labute approximate surface area is 172 Å². The average Bonchev–Trinajstić information content (AvgIpc) is 3.00. The SMILES string of the molecule is COC(=O)c1c(C)c2c(c(Cl)c1I)OC(C)(C13CCC(N)(CC1)CC3)O2. The minimum Gasteiger partial charge on any atom is -0.465 e. The van der Waals surface area contributed by atoms with Crippen LogP contribution in [0.3, 0.4) is 0 Å². The van der Waals surface area contributed by atoms with E-state index in [4.69, 9.17) is 31.5 Å². The van der Waals surface area contributed by atoms with Gasteiger partial charge in [-0.3, -0.25) is 0 Å². The van der Waals surface area contributed by atoms with E-state index in [-0.39, 0.29) is 11.0 Å². The first-order valence-electron chi connectivity index (χ1n) is 8.92. The molecule has 142 valence electrons. The number of ether oxygens (including phenoxy) is 3. The van der Waals surface area contributed by atoms with Crippen LogP contribution in [0.25, 0.3) is 0 Å². The Kier molecular flexibility index (Phi) is 4.21. The van der Waals surface area contributed by atoms with Crippen LogP contribution in [-0.4, -0.2) is 24.4 Å². The summed E-state index contributed by atoms with van der Waals surface area (Å²) in [4.78, 5) is 12.2. The molecule has 0 radical (unpaired) electrons. The van der Waals surface area contributed by atoms with E-state index in [1.165, 1.54) is 7.11 Å². The maximum atomic E-state index is 12.2. The fourth-order valence-electron chi connectivity index (χ4n) is 4.84. The zero-order valence-corrected chi connectivity index (χ0v) is 18.1. The van der Waals surface area contributed by atoms with Gasteiger partial charge in [0.2, 0.25) is 0 Å². The Bertz CT molecular complexity index is 787. The molecule has 5 rings (SSSR count). The van der Waals surface area contributed by atoms with Gasteiger partial charge in [-0.05, 0) is 68.0 Å². The Morgan fingerprint density at radius 1 is 1.15 bits per heavy atom. The van der Waals surface area contributed by atoms with Gasteiger partial charge in [0, 0.05) is 23.4 Å². The van der Waals surface area contributed by atoms with Crippen LogP contribution in [-0.2, 0) is 4.74 Å². The van der Waals surface area contributed by atoms with E-state index in [0.29, 0.717) is 31.2 Å². The Morgan fingerprint density at radius 3 is 2.23 bits per heavy atom. The lowest BCUT2D eigenvalue weighted by Crippen LogP contribution is -2.62. The molecule has 7 heteroatoms. The highest BCUT2D eigenvalue weighted by Gasteiger charge is 2.61. The fraction of sp³-hybridized carbons (Fsp3) is 0.632. The van der Waals surface area contributed by atoms with E-state index < -0.39 is 11.8 Å². The number of fused-ring (bicyclic) bond motifs is 4. The van der Waals surface area contributed by atoms with Crippen LogP contribution in [0, 0.1) is 15.9 Å². The van der Waals surface area contributed by atoms with E-state index in [1.807, 2.05) is 13.8 Å². The van der Waals surface area contributed by atoms with E-state index >= 15 is 0 Å². The molecule has 0 spiro atoms. The normalized spacial score (nSPS) is 34.8. The Hall–Kier alpha value is -0.730. The predicted octanol–water partition coefficient (Wildman–Crippen LogP) is 4.58. The number of carbonyl (C=O) groups is 1. The van der Waals surface area contributed by atoms with E-state index in [0.717, 1.165) is 38.5 Å². The van der Waals surface area contributed by atoms with Crippen molar-refractivity contribution in [1.29, 1.82) is 0 Å². The molecule has 2 bridgehead atoms. The molecule has 3 saturated carbocycles. The zero-order chi connectivity index (χ0) is 18.9. The summed E-state index contributed by atoms with van der Waals surface area (Å²) in [7, 11) is 1.36. The van der Waals surface area contributed by atoms with Crippen LogP contribution < -0.4 is 15.2 Å². The Morgan fingerprint density at radius 2 is 1.69 bits per heavy atom. The van der Waals surface area contributed by atoms with E-state index in [2.05, 4.69) is 22.6 Å². The van der Waals surface area contributed by atoms with Crippen molar-refractivity contribution >= 4 is 40.2 Å². The van der Waals surface area contributed by atoms with Crippen LogP contribution in [0.15, 0.2) is 0 Å². The first-order valence-corrected chi connectivity index (χ1v) is 10.4. The van der Waals surface area contributed by atoms with Gasteiger partial charge < -0.3 is 19.9 Å². The second-order valence-corrected chi connectivity index (χ2v) is 9.53. The number of methoxy groups -OCH3 is 1. The van der Waals surface area contributed by atoms with Gasteiger partial charge in [0.15, 0.2) is 11.5 Å². The molecule has 1 atom stereocenters. The minimum atomic E-state index is -0.802. The topological polar surface area (TPSA) is 70.8 Å². The van der Waals surface area contributed by atoms with Crippen LogP contribution in [0.4, 0.5) is 0 Å². The van der Waals surface area contributed by atoms with Gasteiger partial charge in [-0.25, -0.2) is 4.79 Å². The Balaban J connectivity index is 1.77. The van der Waals surface area contributed by atoms with Gasteiger partial charge in [0.25, 0.3) is 5.79 Å². The molecule has 0 aromatic heterocycles. The number of hydrogen-bond donors (Lipinski definition) is 1. The lowest BCUT2D eigenvalue weighted by molar-refractivity contribution is -0.201. The molecule has 1 unspecified atom stereocenters. The molecule has 4 aliphatic rings. The molecule has 1 aliphatic heterocycles. The maximum Gasteiger partial charge on any atom is 0.339 e. The predicted molar refractivity (Wildman–Crippen MR) is 107 cm³/mol. The van der Waals surface area contributed by atoms with Gasteiger partial charge in [-0.15, -0.1) is 0 Å². The quantitative estimate of drug-likeness (QED) is 0.484. The van der Waals surface area contributed by atoms with Crippen molar-refractivity contribution in [2.24, 2.45) is 11.1 Å². The second-order valence-electron chi connectivity index (χ2n) is 8.07. The van der Waals surface area contributed by atoms with Gasteiger partial charge in [-0.2, -0.15) is 0 Å². The largest absolute Gasteiger partial charge is 0.465 e. The van der Waals surface area contributed by atoms with Crippen LogP contribution >= 0.6 is 34.2 Å². The van der Waals surface area contributed by atoms with Gasteiger partial charge in [0.1, 0.15) is 5.02 Å². The molecular weight excluding hydrogens is 469 g/mol. The number of nitrogens with two attached hydrogens (primary N) is 1. The van der Waals surface area contributed by atoms with Gasteiger partial charge >= 0.3 is 5.97 Å². The van der Waals surface area contributed by atoms with Crippen molar-refractivity contribution in [2.75, 3.05) is 7.11 Å². The highest BCUT2D eigenvalue weighted by atomic mass is 127. The standard InChI is InChI=1S/C19H23ClINO4/c1-10-11(16(23)24-3)13(21)12(20)15-14(10)25-17(2,26-15)18-4-7-19(22,8-5-18)9-6-18/h4-9,22H2,1-3H3. The summed E-state index contributed by atoms with van der Waals surface area (Å²) in [6.07, 6.45) is 5.90. The summed E-state index contributed by atoms with van der Waals surface area (Å²) in [6.45, 7) is 3.85. The molecular formula is C19H23ClINO4. The van der Waals surface area contributed by atoms with Crippen LogP contribution in [0.5, 0.6) is 11.5 Å². The van der Waals surface area contributed by atoms with Crippen LogP contribution in [0.1, 0.15) is 61.4 Å². The van der Waals surface area contributed by atoms with Gasteiger partial charge in [-0.1, -0.05) is 11.6 Å². The lowest BCUT2D eigenvalue weighted by Gasteiger charge is -2.56. The number of hydrogen-bond acceptors (Lipinski definition) is 5. The number of carbonyl (C=O) groups excluding carboxylic acids is 1. The summed E-state index contributed by atoms with van der Waals surface area (Å²) in [6, 6.07) is 0. The molecule has 1 aromatic rings. The lowest BCUT2D eigenvalue weighted by atomic mass is 9.54. The third kappa shape index (κ3) is 2.41. The van der Waals surface area contributed by atoms with Crippen molar-refractivity contribution in [3.8, 4) is 11.5 Å². The van der Waals surface area contributed by atoms with Crippen molar-refractivity contribution in [2.45, 2.75) is 63.7 Å². The summed E-state index contributed by atoms with van der Waals surface area (Å²) >= 11 is 8.63. The summed E-state index contributed by atoms with van der Waals surface area (Å²) < 4.78 is 18.4. The van der Waals surface area contributed by atoms with Crippen molar-refractivity contribution < 1.29 is 19.0 Å². The van der Waals surface area contributed by atoms with Gasteiger partial charge in [0.05, 0.1) is 16.2 Å².